The lowest BCUT2D eigenvalue weighted by Gasteiger charge is -2.07. The smallest absolute Gasteiger partial charge is 0.251 e. The van der Waals surface area contributed by atoms with E-state index in [4.69, 9.17) is 11.6 Å². The maximum Gasteiger partial charge on any atom is 0.251 e. The standard InChI is InChI=1S/C12H14ClNO/c1-3-10-6-4-5-7-11(10)12(15)14-8-9(2)13/h4-7H,2-3,8H2,1H3,(H,14,15). The fourth-order valence-electron chi connectivity index (χ4n) is 1.32. The summed E-state index contributed by atoms with van der Waals surface area (Å²) in [6.07, 6.45) is 0.839. The van der Waals surface area contributed by atoms with Gasteiger partial charge in [-0.2, -0.15) is 0 Å². The molecular weight excluding hydrogens is 210 g/mol. The molecule has 0 aromatic heterocycles. The summed E-state index contributed by atoms with van der Waals surface area (Å²) in [6.45, 7) is 5.84. The molecule has 15 heavy (non-hydrogen) atoms. The predicted molar refractivity (Wildman–Crippen MR) is 63.1 cm³/mol. The lowest BCUT2D eigenvalue weighted by Crippen LogP contribution is -2.25. The molecule has 0 aliphatic carbocycles. The van der Waals surface area contributed by atoms with E-state index in [0.717, 1.165) is 12.0 Å². The van der Waals surface area contributed by atoms with E-state index < -0.39 is 0 Å². The van der Waals surface area contributed by atoms with E-state index in [9.17, 15) is 4.79 Å². The Morgan fingerprint density at radius 2 is 2.13 bits per heavy atom. The Kier molecular flexibility index (Phi) is 4.37. The highest BCUT2D eigenvalue weighted by molar-refractivity contribution is 6.29. The molecule has 0 bridgehead atoms. The number of rotatable bonds is 4. The summed E-state index contributed by atoms with van der Waals surface area (Å²) in [7, 11) is 0. The molecule has 0 saturated heterocycles. The fourth-order valence-corrected chi connectivity index (χ4v) is 1.39. The third kappa shape index (κ3) is 3.40. The van der Waals surface area contributed by atoms with Crippen LogP contribution in [0.25, 0.3) is 0 Å². The minimum Gasteiger partial charge on any atom is -0.347 e. The van der Waals surface area contributed by atoms with Crippen LogP contribution in [0.5, 0.6) is 0 Å². The van der Waals surface area contributed by atoms with Gasteiger partial charge in [-0.15, -0.1) is 0 Å². The number of benzene rings is 1. The second-order valence-corrected chi connectivity index (χ2v) is 3.75. The molecule has 0 spiro atoms. The molecule has 0 heterocycles. The van der Waals surface area contributed by atoms with Crippen LogP contribution in [0.2, 0.25) is 0 Å². The zero-order valence-corrected chi connectivity index (χ0v) is 9.47. The van der Waals surface area contributed by atoms with Gasteiger partial charge in [0.1, 0.15) is 0 Å². The van der Waals surface area contributed by atoms with Crippen molar-refractivity contribution in [3.05, 3.63) is 47.0 Å². The normalized spacial score (nSPS) is 9.73. The Labute approximate surface area is 94.9 Å². The van der Waals surface area contributed by atoms with Gasteiger partial charge in [0, 0.05) is 10.6 Å². The average Bonchev–Trinajstić information content (AvgIpc) is 2.25. The van der Waals surface area contributed by atoms with Gasteiger partial charge in [0.25, 0.3) is 5.91 Å². The zero-order valence-electron chi connectivity index (χ0n) is 8.72. The van der Waals surface area contributed by atoms with Gasteiger partial charge in [-0.05, 0) is 18.1 Å². The Hall–Kier alpha value is -1.28. The van der Waals surface area contributed by atoms with Crippen molar-refractivity contribution in [1.29, 1.82) is 0 Å². The second kappa shape index (κ2) is 5.56. The van der Waals surface area contributed by atoms with E-state index in [1.54, 1.807) is 0 Å². The highest BCUT2D eigenvalue weighted by atomic mass is 35.5. The summed E-state index contributed by atoms with van der Waals surface area (Å²) < 4.78 is 0. The summed E-state index contributed by atoms with van der Waals surface area (Å²) in [4.78, 5) is 11.7. The molecule has 0 aliphatic heterocycles. The van der Waals surface area contributed by atoms with Crippen LogP contribution < -0.4 is 5.32 Å². The van der Waals surface area contributed by atoms with Gasteiger partial charge in [0.2, 0.25) is 0 Å². The number of amides is 1. The van der Waals surface area contributed by atoms with Crippen LogP contribution >= 0.6 is 11.6 Å². The van der Waals surface area contributed by atoms with E-state index in [1.165, 1.54) is 0 Å². The minimum atomic E-state index is -0.103. The molecule has 0 radical (unpaired) electrons. The van der Waals surface area contributed by atoms with Crippen molar-refractivity contribution in [2.75, 3.05) is 6.54 Å². The van der Waals surface area contributed by atoms with Crippen molar-refractivity contribution in [2.24, 2.45) is 0 Å². The molecule has 80 valence electrons. The number of carbonyl (C=O) groups is 1. The first-order chi connectivity index (χ1) is 7.15. The Morgan fingerprint density at radius 1 is 1.47 bits per heavy atom. The third-order valence-corrected chi connectivity index (χ3v) is 2.22. The van der Waals surface area contributed by atoms with Crippen LogP contribution in [-0.4, -0.2) is 12.5 Å². The number of carbonyl (C=O) groups excluding carboxylic acids is 1. The Bertz CT molecular complexity index is 374. The van der Waals surface area contributed by atoms with Gasteiger partial charge in [-0.25, -0.2) is 0 Å². The monoisotopic (exact) mass is 223 g/mol. The van der Waals surface area contributed by atoms with Crippen molar-refractivity contribution in [3.63, 3.8) is 0 Å². The highest BCUT2D eigenvalue weighted by Crippen LogP contribution is 2.09. The zero-order chi connectivity index (χ0) is 11.3. The van der Waals surface area contributed by atoms with Crippen molar-refractivity contribution >= 4 is 17.5 Å². The SMILES string of the molecule is C=C(Cl)CNC(=O)c1ccccc1CC. The van der Waals surface area contributed by atoms with E-state index in [1.807, 2.05) is 31.2 Å². The van der Waals surface area contributed by atoms with Crippen LogP contribution in [0.4, 0.5) is 0 Å². The highest BCUT2D eigenvalue weighted by Gasteiger charge is 2.08. The van der Waals surface area contributed by atoms with Gasteiger partial charge < -0.3 is 5.32 Å². The summed E-state index contributed by atoms with van der Waals surface area (Å²) in [5, 5.41) is 3.13. The van der Waals surface area contributed by atoms with Gasteiger partial charge in [-0.3, -0.25) is 4.79 Å². The largest absolute Gasteiger partial charge is 0.347 e. The molecule has 1 N–H and O–H groups in total. The van der Waals surface area contributed by atoms with Gasteiger partial charge in [0.15, 0.2) is 0 Å². The van der Waals surface area contributed by atoms with Crippen molar-refractivity contribution < 1.29 is 4.79 Å². The predicted octanol–water partition coefficient (Wildman–Crippen LogP) is 2.73. The molecule has 0 fully saturated rings. The van der Waals surface area contributed by atoms with E-state index in [0.29, 0.717) is 17.1 Å². The third-order valence-electron chi connectivity index (χ3n) is 2.08. The number of hydrogen-bond donors (Lipinski definition) is 1. The molecule has 0 atom stereocenters. The van der Waals surface area contributed by atoms with Crippen LogP contribution in [0.3, 0.4) is 0 Å². The lowest BCUT2D eigenvalue weighted by molar-refractivity contribution is 0.0956. The quantitative estimate of drug-likeness (QED) is 0.836. The molecule has 1 aromatic rings. The van der Waals surface area contributed by atoms with Crippen molar-refractivity contribution in [2.45, 2.75) is 13.3 Å². The molecule has 0 unspecified atom stereocenters. The molecule has 1 amide bonds. The van der Waals surface area contributed by atoms with Gasteiger partial charge >= 0.3 is 0 Å². The van der Waals surface area contributed by atoms with Crippen LogP contribution in [0.1, 0.15) is 22.8 Å². The topological polar surface area (TPSA) is 29.1 Å². The minimum absolute atomic E-state index is 0.103. The average molecular weight is 224 g/mol. The van der Waals surface area contributed by atoms with Crippen LogP contribution in [-0.2, 0) is 6.42 Å². The Balaban J connectivity index is 2.77. The number of nitrogens with one attached hydrogen (secondary N) is 1. The first-order valence-electron chi connectivity index (χ1n) is 4.84. The molecular formula is C12H14ClNO. The summed E-state index contributed by atoms with van der Waals surface area (Å²) in [5.74, 6) is -0.103. The first-order valence-corrected chi connectivity index (χ1v) is 5.22. The maximum absolute atomic E-state index is 11.7. The van der Waals surface area contributed by atoms with E-state index >= 15 is 0 Å². The Morgan fingerprint density at radius 3 is 2.73 bits per heavy atom. The van der Waals surface area contributed by atoms with E-state index in [-0.39, 0.29) is 5.91 Å². The second-order valence-electron chi connectivity index (χ2n) is 3.21. The van der Waals surface area contributed by atoms with Gasteiger partial charge in [-0.1, -0.05) is 43.3 Å². The van der Waals surface area contributed by atoms with Crippen molar-refractivity contribution in [3.8, 4) is 0 Å². The molecule has 1 rings (SSSR count). The number of aryl methyl sites for hydroxylation is 1. The number of hydrogen-bond acceptors (Lipinski definition) is 1. The maximum atomic E-state index is 11.7. The molecule has 0 saturated carbocycles. The van der Waals surface area contributed by atoms with Crippen LogP contribution in [0, 0.1) is 0 Å². The molecule has 1 aromatic carbocycles. The molecule has 3 heteroatoms. The number of halogens is 1. The van der Waals surface area contributed by atoms with Crippen molar-refractivity contribution in [1.82, 2.24) is 5.32 Å². The van der Waals surface area contributed by atoms with Gasteiger partial charge in [0.05, 0.1) is 6.54 Å². The lowest BCUT2D eigenvalue weighted by atomic mass is 10.0. The summed E-state index contributed by atoms with van der Waals surface area (Å²) in [6, 6.07) is 7.54. The first kappa shape index (κ1) is 11.8. The summed E-state index contributed by atoms with van der Waals surface area (Å²) >= 11 is 5.57. The molecule has 2 nitrogen and oxygen atoms in total. The summed E-state index contributed by atoms with van der Waals surface area (Å²) in [5.41, 5.74) is 1.74. The van der Waals surface area contributed by atoms with E-state index in [2.05, 4.69) is 11.9 Å². The fraction of sp³-hybridized carbons (Fsp3) is 0.250. The van der Waals surface area contributed by atoms with Crippen LogP contribution in [0.15, 0.2) is 35.9 Å². The molecule has 0 aliphatic rings.